The number of halogens is 3. The maximum Gasteiger partial charge on any atom is 0.0423 e. The summed E-state index contributed by atoms with van der Waals surface area (Å²) in [7, 11) is 0. The number of rotatable bonds is 2. The predicted octanol–water partition coefficient (Wildman–Crippen LogP) is 4.34. The van der Waals surface area contributed by atoms with Crippen LogP contribution in [-0.4, -0.2) is 5.88 Å². The summed E-state index contributed by atoms with van der Waals surface area (Å²) in [6.45, 7) is 0. The monoisotopic (exact) mass is 234 g/mol. The second kappa shape index (κ2) is 3.68. The van der Waals surface area contributed by atoms with E-state index < -0.39 is 0 Å². The zero-order chi connectivity index (χ0) is 9.42. The number of alkyl halides is 1. The van der Waals surface area contributed by atoms with E-state index in [1.807, 2.05) is 12.1 Å². The maximum atomic E-state index is 5.90. The SMILES string of the molecule is ClCC1CC1c1cc(Cl)cc(Cl)c1. The first kappa shape index (κ1) is 9.64. The molecular weight excluding hydrogens is 226 g/mol. The Morgan fingerprint density at radius 1 is 1.15 bits per heavy atom. The van der Waals surface area contributed by atoms with Crippen molar-refractivity contribution in [3.63, 3.8) is 0 Å². The summed E-state index contributed by atoms with van der Waals surface area (Å²) in [5, 5.41) is 1.42. The first-order chi connectivity index (χ1) is 6.20. The van der Waals surface area contributed by atoms with Crippen molar-refractivity contribution < 1.29 is 0 Å². The molecule has 1 aliphatic rings. The summed E-state index contributed by atoms with van der Waals surface area (Å²) in [5.41, 5.74) is 1.23. The van der Waals surface area contributed by atoms with Crippen LogP contribution in [0.1, 0.15) is 17.9 Å². The summed E-state index contributed by atoms with van der Waals surface area (Å²) in [6, 6.07) is 5.71. The van der Waals surface area contributed by atoms with Crippen molar-refractivity contribution in [2.45, 2.75) is 12.3 Å². The van der Waals surface area contributed by atoms with E-state index >= 15 is 0 Å². The van der Waals surface area contributed by atoms with Gasteiger partial charge in [0.1, 0.15) is 0 Å². The van der Waals surface area contributed by atoms with Gasteiger partial charge in [0, 0.05) is 15.9 Å². The minimum Gasteiger partial charge on any atom is -0.126 e. The van der Waals surface area contributed by atoms with E-state index in [1.165, 1.54) is 12.0 Å². The number of benzene rings is 1. The molecule has 0 nitrogen and oxygen atoms in total. The molecule has 1 aromatic rings. The van der Waals surface area contributed by atoms with E-state index in [2.05, 4.69) is 0 Å². The van der Waals surface area contributed by atoms with Crippen LogP contribution in [0.2, 0.25) is 10.0 Å². The Hall–Kier alpha value is 0.0900. The molecule has 1 fully saturated rings. The highest BCUT2D eigenvalue weighted by atomic mass is 35.5. The normalized spacial score (nSPS) is 26.1. The lowest BCUT2D eigenvalue weighted by atomic mass is 10.1. The minimum absolute atomic E-state index is 0.578. The molecule has 13 heavy (non-hydrogen) atoms. The first-order valence-corrected chi connectivity index (χ1v) is 5.51. The van der Waals surface area contributed by atoms with E-state index in [-0.39, 0.29) is 0 Å². The molecule has 2 atom stereocenters. The van der Waals surface area contributed by atoms with Crippen molar-refractivity contribution in [1.29, 1.82) is 0 Å². The molecule has 70 valence electrons. The van der Waals surface area contributed by atoms with Gasteiger partial charge in [-0.3, -0.25) is 0 Å². The van der Waals surface area contributed by atoms with Crippen LogP contribution < -0.4 is 0 Å². The van der Waals surface area contributed by atoms with E-state index in [0.29, 0.717) is 21.9 Å². The fraction of sp³-hybridized carbons (Fsp3) is 0.400. The Labute approximate surface area is 92.8 Å². The van der Waals surface area contributed by atoms with Crippen molar-refractivity contribution >= 4 is 34.8 Å². The van der Waals surface area contributed by atoms with Crippen molar-refractivity contribution in [3.8, 4) is 0 Å². The van der Waals surface area contributed by atoms with E-state index in [9.17, 15) is 0 Å². The molecule has 0 spiro atoms. The van der Waals surface area contributed by atoms with Gasteiger partial charge in [0.2, 0.25) is 0 Å². The summed E-state index contributed by atoms with van der Waals surface area (Å²) in [4.78, 5) is 0. The summed E-state index contributed by atoms with van der Waals surface area (Å²) >= 11 is 17.5. The Balaban J connectivity index is 2.22. The molecule has 0 heterocycles. The van der Waals surface area contributed by atoms with Gasteiger partial charge >= 0.3 is 0 Å². The summed E-state index contributed by atoms with van der Waals surface area (Å²) < 4.78 is 0. The predicted molar refractivity (Wildman–Crippen MR) is 58.0 cm³/mol. The van der Waals surface area contributed by atoms with Gasteiger partial charge in [0.25, 0.3) is 0 Å². The Kier molecular flexibility index (Phi) is 2.73. The number of hydrogen-bond donors (Lipinski definition) is 0. The largest absolute Gasteiger partial charge is 0.126 e. The van der Waals surface area contributed by atoms with Gasteiger partial charge in [-0.05, 0) is 42.0 Å². The lowest BCUT2D eigenvalue weighted by molar-refractivity contribution is 0.923. The van der Waals surface area contributed by atoms with Gasteiger partial charge < -0.3 is 0 Å². The Bertz CT molecular complexity index is 302. The van der Waals surface area contributed by atoms with Gasteiger partial charge in [-0.1, -0.05) is 23.2 Å². The molecule has 1 aromatic carbocycles. The molecule has 0 amide bonds. The third kappa shape index (κ3) is 2.12. The Morgan fingerprint density at radius 3 is 2.23 bits per heavy atom. The fourth-order valence-corrected chi connectivity index (χ4v) is 2.50. The van der Waals surface area contributed by atoms with Crippen LogP contribution in [0.25, 0.3) is 0 Å². The summed E-state index contributed by atoms with van der Waals surface area (Å²) in [6.07, 6.45) is 1.17. The summed E-state index contributed by atoms with van der Waals surface area (Å²) in [5.74, 6) is 1.93. The quantitative estimate of drug-likeness (QED) is 0.669. The Morgan fingerprint density at radius 2 is 1.77 bits per heavy atom. The van der Waals surface area contributed by atoms with Crippen LogP contribution in [0.5, 0.6) is 0 Å². The lowest BCUT2D eigenvalue weighted by Gasteiger charge is -2.01. The maximum absolute atomic E-state index is 5.90. The minimum atomic E-state index is 0.578. The van der Waals surface area contributed by atoms with Crippen LogP contribution >= 0.6 is 34.8 Å². The molecular formula is C10H9Cl3. The topological polar surface area (TPSA) is 0 Å². The smallest absolute Gasteiger partial charge is 0.0423 e. The molecule has 0 aromatic heterocycles. The van der Waals surface area contributed by atoms with Crippen LogP contribution in [0.3, 0.4) is 0 Å². The van der Waals surface area contributed by atoms with Crippen LogP contribution in [0, 0.1) is 5.92 Å². The van der Waals surface area contributed by atoms with Gasteiger partial charge in [-0.25, -0.2) is 0 Å². The molecule has 0 N–H and O–H groups in total. The fourth-order valence-electron chi connectivity index (χ4n) is 1.62. The second-order valence-corrected chi connectivity index (χ2v) is 4.64. The zero-order valence-corrected chi connectivity index (χ0v) is 9.20. The van der Waals surface area contributed by atoms with Crippen molar-refractivity contribution in [1.82, 2.24) is 0 Å². The third-order valence-electron chi connectivity index (χ3n) is 2.43. The average molecular weight is 236 g/mol. The van der Waals surface area contributed by atoms with Gasteiger partial charge in [0.15, 0.2) is 0 Å². The highest BCUT2D eigenvalue weighted by molar-refractivity contribution is 6.34. The molecule has 2 unspecified atom stereocenters. The van der Waals surface area contributed by atoms with Gasteiger partial charge in [-0.15, -0.1) is 11.6 Å². The van der Waals surface area contributed by atoms with Crippen LogP contribution in [-0.2, 0) is 0 Å². The van der Waals surface area contributed by atoms with Crippen LogP contribution in [0.4, 0.5) is 0 Å². The third-order valence-corrected chi connectivity index (χ3v) is 3.27. The van der Waals surface area contributed by atoms with E-state index in [4.69, 9.17) is 34.8 Å². The molecule has 0 aliphatic heterocycles. The molecule has 0 bridgehead atoms. The zero-order valence-electron chi connectivity index (χ0n) is 6.93. The standard InChI is InChI=1S/C10H9Cl3/c11-5-7-3-10(7)6-1-8(12)4-9(13)2-6/h1-2,4,7,10H,3,5H2. The molecule has 2 rings (SSSR count). The van der Waals surface area contributed by atoms with Crippen LogP contribution in [0.15, 0.2) is 18.2 Å². The van der Waals surface area contributed by atoms with E-state index in [1.54, 1.807) is 6.07 Å². The van der Waals surface area contributed by atoms with Gasteiger partial charge in [-0.2, -0.15) is 0 Å². The molecule has 3 heteroatoms. The molecule has 0 saturated heterocycles. The second-order valence-electron chi connectivity index (χ2n) is 3.46. The molecule has 1 saturated carbocycles. The number of hydrogen-bond acceptors (Lipinski definition) is 0. The van der Waals surface area contributed by atoms with Crippen molar-refractivity contribution in [2.24, 2.45) is 5.92 Å². The molecule has 1 aliphatic carbocycles. The highest BCUT2D eigenvalue weighted by Crippen LogP contribution is 2.48. The van der Waals surface area contributed by atoms with Crippen molar-refractivity contribution in [2.75, 3.05) is 5.88 Å². The average Bonchev–Trinajstić information content (AvgIpc) is 2.80. The van der Waals surface area contributed by atoms with Crippen molar-refractivity contribution in [3.05, 3.63) is 33.8 Å². The van der Waals surface area contributed by atoms with Gasteiger partial charge in [0.05, 0.1) is 0 Å². The van der Waals surface area contributed by atoms with E-state index in [0.717, 1.165) is 5.88 Å². The first-order valence-electron chi connectivity index (χ1n) is 4.22. The lowest BCUT2D eigenvalue weighted by Crippen LogP contribution is -1.84. The highest BCUT2D eigenvalue weighted by Gasteiger charge is 2.37. The molecule has 0 radical (unpaired) electrons.